The van der Waals surface area contributed by atoms with Crippen LogP contribution in [-0.2, 0) is 19.1 Å². The predicted molar refractivity (Wildman–Crippen MR) is 96.4 cm³/mol. The first kappa shape index (κ1) is 23.6. The molecule has 0 spiro atoms. The van der Waals surface area contributed by atoms with E-state index in [1.165, 1.54) is 6.08 Å². The fourth-order valence-corrected chi connectivity index (χ4v) is 2.07. The van der Waals surface area contributed by atoms with Crippen LogP contribution in [0.4, 0.5) is 4.79 Å². The van der Waals surface area contributed by atoms with Gasteiger partial charge in [-0.05, 0) is 33.1 Å². The van der Waals surface area contributed by atoms with Gasteiger partial charge in [-0.25, -0.2) is 4.79 Å². The summed E-state index contributed by atoms with van der Waals surface area (Å²) in [6.07, 6.45) is 0.203. The Bertz CT molecular complexity index is 536. The molecule has 0 aliphatic rings. The van der Waals surface area contributed by atoms with Crippen LogP contribution in [0, 0.1) is 5.92 Å². The number of nitrogens with one attached hydrogen (secondary N) is 1. The molecule has 1 atom stereocenters. The predicted octanol–water partition coefficient (Wildman–Crippen LogP) is 2.33. The van der Waals surface area contributed by atoms with Crippen LogP contribution in [0.3, 0.4) is 0 Å². The molecule has 2 N–H and O–H groups in total. The number of rotatable bonds is 9. The molecule has 0 fully saturated rings. The lowest BCUT2D eigenvalue weighted by Gasteiger charge is -2.27. The summed E-state index contributed by atoms with van der Waals surface area (Å²) in [5.41, 5.74) is -0.779. The molecule has 0 saturated carbocycles. The topological polar surface area (TPSA) is 113 Å². The molecule has 0 aromatic rings. The fraction of sp³-hybridized carbons (Fsp3) is 0.667. The van der Waals surface area contributed by atoms with E-state index in [4.69, 9.17) is 9.84 Å². The van der Waals surface area contributed by atoms with Gasteiger partial charge >= 0.3 is 12.1 Å². The molecule has 0 bridgehead atoms. The van der Waals surface area contributed by atoms with Gasteiger partial charge in [0.1, 0.15) is 11.6 Å². The summed E-state index contributed by atoms with van der Waals surface area (Å²) in [4.78, 5) is 48.9. The van der Waals surface area contributed by atoms with Gasteiger partial charge in [-0.2, -0.15) is 0 Å². The molecule has 0 unspecified atom stereocenters. The van der Waals surface area contributed by atoms with E-state index in [1.54, 1.807) is 20.8 Å². The minimum absolute atomic E-state index is 0.0239. The van der Waals surface area contributed by atoms with E-state index in [9.17, 15) is 19.2 Å². The zero-order valence-electron chi connectivity index (χ0n) is 16.2. The van der Waals surface area contributed by atoms with E-state index in [2.05, 4.69) is 11.9 Å². The molecule has 0 aliphatic carbocycles. The number of hydrogen-bond donors (Lipinski definition) is 2. The van der Waals surface area contributed by atoms with E-state index in [0.29, 0.717) is 0 Å². The van der Waals surface area contributed by atoms with Crippen LogP contribution in [0.5, 0.6) is 0 Å². The molecular formula is C18H30N2O6. The largest absolute Gasteiger partial charge is 0.481 e. The van der Waals surface area contributed by atoms with Crippen LogP contribution >= 0.6 is 0 Å². The first-order valence-corrected chi connectivity index (χ1v) is 8.53. The van der Waals surface area contributed by atoms with Crippen molar-refractivity contribution >= 4 is 23.9 Å². The summed E-state index contributed by atoms with van der Waals surface area (Å²) in [6, 6.07) is -1.18. The van der Waals surface area contributed by atoms with Gasteiger partial charge in [0.15, 0.2) is 0 Å². The normalized spacial score (nSPS) is 12.2. The van der Waals surface area contributed by atoms with Crippen LogP contribution in [0.15, 0.2) is 12.7 Å². The van der Waals surface area contributed by atoms with Crippen molar-refractivity contribution in [3.8, 4) is 0 Å². The van der Waals surface area contributed by atoms with Crippen LogP contribution in [0.1, 0.15) is 53.9 Å². The molecule has 8 nitrogen and oxygen atoms in total. The average molecular weight is 370 g/mol. The second kappa shape index (κ2) is 10.6. The number of carbonyl (C=O) groups excluding carboxylic acids is 3. The van der Waals surface area contributed by atoms with Crippen LogP contribution in [0.25, 0.3) is 0 Å². The molecule has 3 amide bonds. The zero-order valence-corrected chi connectivity index (χ0v) is 16.2. The average Bonchev–Trinajstić information content (AvgIpc) is 2.45. The highest BCUT2D eigenvalue weighted by atomic mass is 16.6. The highest BCUT2D eigenvalue weighted by Crippen LogP contribution is 2.11. The molecule has 0 aromatic heterocycles. The molecule has 0 aliphatic heterocycles. The van der Waals surface area contributed by atoms with Crippen molar-refractivity contribution in [2.24, 2.45) is 5.92 Å². The molecule has 0 radical (unpaired) electrons. The van der Waals surface area contributed by atoms with E-state index >= 15 is 0 Å². The lowest BCUT2D eigenvalue weighted by Crippen LogP contribution is -2.51. The highest BCUT2D eigenvalue weighted by Gasteiger charge is 2.31. The van der Waals surface area contributed by atoms with Gasteiger partial charge in [-0.1, -0.05) is 19.9 Å². The van der Waals surface area contributed by atoms with Gasteiger partial charge in [0.05, 0.1) is 0 Å². The third kappa shape index (κ3) is 9.80. The van der Waals surface area contributed by atoms with E-state index in [0.717, 1.165) is 4.90 Å². The molecule has 0 heterocycles. The van der Waals surface area contributed by atoms with Crippen molar-refractivity contribution in [3.63, 3.8) is 0 Å². The van der Waals surface area contributed by atoms with Gasteiger partial charge in [0, 0.05) is 19.4 Å². The number of carbonyl (C=O) groups is 4. The Hall–Kier alpha value is -2.38. The summed E-state index contributed by atoms with van der Waals surface area (Å²) in [7, 11) is 0. The van der Waals surface area contributed by atoms with Crippen molar-refractivity contribution in [2.75, 3.05) is 6.54 Å². The lowest BCUT2D eigenvalue weighted by atomic mass is 10.1. The summed E-state index contributed by atoms with van der Waals surface area (Å²) < 4.78 is 5.12. The molecule has 0 saturated heterocycles. The summed E-state index contributed by atoms with van der Waals surface area (Å²) in [6.45, 7) is 12.2. The number of hydrogen-bond acceptors (Lipinski definition) is 5. The Morgan fingerprint density at radius 3 is 2.23 bits per heavy atom. The SMILES string of the molecule is C=CCN(C(=O)CC(C)C)C(=O)[C@H](CCC(=O)O)NC(=O)OC(C)(C)C. The van der Waals surface area contributed by atoms with Crippen LogP contribution in [-0.4, -0.2) is 52.1 Å². The molecule has 26 heavy (non-hydrogen) atoms. The van der Waals surface area contributed by atoms with E-state index in [-0.39, 0.29) is 31.7 Å². The Labute approximate surface area is 154 Å². The Morgan fingerprint density at radius 1 is 1.23 bits per heavy atom. The first-order valence-electron chi connectivity index (χ1n) is 8.53. The van der Waals surface area contributed by atoms with Gasteiger partial charge in [-0.3, -0.25) is 19.3 Å². The standard InChI is InChI=1S/C18H30N2O6/c1-7-10-20(14(21)11-12(2)3)16(24)13(8-9-15(22)23)19-17(25)26-18(4,5)6/h7,12-13H,1,8-11H2,2-6H3,(H,19,25)(H,22,23)/t13-/m0/s1. The summed E-state index contributed by atoms with van der Waals surface area (Å²) >= 11 is 0. The van der Waals surface area contributed by atoms with Crippen LogP contribution in [0.2, 0.25) is 0 Å². The van der Waals surface area contributed by atoms with Crippen molar-refractivity contribution < 1.29 is 29.0 Å². The second-order valence-corrected chi connectivity index (χ2v) is 7.36. The molecule has 8 heteroatoms. The third-order valence-electron chi connectivity index (χ3n) is 3.10. The quantitative estimate of drug-likeness (QED) is 0.602. The maximum Gasteiger partial charge on any atom is 0.408 e. The molecule has 148 valence electrons. The number of imide groups is 1. The third-order valence-corrected chi connectivity index (χ3v) is 3.10. The highest BCUT2D eigenvalue weighted by molar-refractivity contribution is 5.99. The number of aliphatic carboxylic acids is 1. The summed E-state index contributed by atoms with van der Waals surface area (Å²) in [5, 5.41) is 11.3. The maximum absolute atomic E-state index is 12.8. The van der Waals surface area contributed by atoms with Gasteiger partial charge in [0.2, 0.25) is 5.91 Å². The number of amides is 3. The van der Waals surface area contributed by atoms with E-state index < -0.39 is 35.5 Å². The van der Waals surface area contributed by atoms with Gasteiger partial charge in [0.25, 0.3) is 5.91 Å². The number of carboxylic acids is 1. The minimum Gasteiger partial charge on any atom is -0.481 e. The number of carboxylic acid groups (broad SMARTS) is 1. The van der Waals surface area contributed by atoms with Crippen molar-refractivity contribution in [3.05, 3.63) is 12.7 Å². The summed E-state index contributed by atoms with van der Waals surface area (Å²) in [5.74, 6) is -2.16. The number of ether oxygens (including phenoxy) is 1. The maximum atomic E-state index is 12.8. The minimum atomic E-state index is -1.18. The van der Waals surface area contributed by atoms with Gasteiger partial charge in [-0.15, -0.1) is 6.58 Å². The lowest BCUT2D eigenvalue weighted by molar-refractivity contribution is -0.146. The molecule has 0 rings (SSSR count). The number of alkyl carbamates (subject to hydrolysis) is 1. The number of nitrogens with zero attached hydrogens (tertiary/aromatic N) is 1. The monoisotopic (exact) mass is 370 g/mol. The Kier molecular flexibility index (Phi) is 9.61. The smallest absolute Gasteiger partial charge is 0.408 e. The van der Waals surface area contributed by atoms with Crippen molar-refractivity contribution in [2.45, 2.75) is 65.5 Å². The first-order chi connectivity index (χ1) is 11.9. The molecular weight excluding hydrogens is 340 g/mol. The van der Waals surface area contributed by atoms with E-state index in [1.807, 2.05) is 13.8 Å². The zero-order chi connectivity index (χ0) is 20.5. The Balaban J connectivity index is 5.36. The fourth-order valence-electron chi connectivity index (χ4n) is 2.07. The second-order valence-electron chi connectivity index (χ2n) is 7.36. The van der Waals surface area contributed by atoms with Gasteiger partial charge < -0.3 is 15.2 Å². The van der Waals surface area contributed by atoms with Crippen molar-refractivity contribution in [1.82, 2.24) is 10.2 Å². The molecule has 0 aromatic carbocycles. The van der Waals surface area contributed by atoms with Crippen LogP contribution < -0.4 is 5.32 Å². The van der Waals surface area contributed by atoms with Crippen molar-refractivity contribution in [1.29, 1.82) is 0 Å². The Morgan fingerprint density at radius 2 is 1.81 bits per heavy atom.